The van der Waals surface area contributed by atoms with E-state index in [1.54, 1.807) is 30.6 Å². The van der Waals surface area contributed by atoms with E-state index in [-0.39, 0.29) is 5.91 Å². The summed E-state index contributed by atoms with van der Waals surface area (Å²) in [4.78, 5) is 16.7. The summed E-state index contributed by atoms with van der Waals surface area (Å²) in [6.45, 7) is 0. The standard InChI is InChI=1S/C17H12ClN3O2S/c18-13-1-4-15(5-2-13)24-16-6-3-14(23-16)11-20-21-17(22)12-7-9-19-10-8-12/h1-11H,(H,21,22). The van der Waals surface area contributed by atoms with Gasteiger partial charge in [-0.05, 0) is 48.5 Å². The van der Waals surface area contributed by atoms with Gasteiger partial charge in [0.2, 0.25) is 0 Å². The summed E-state index contributed by atoms with van der Waals surface area (Å²) in [6.07, 6.45) is 4.54. The number of aromatic nitrogens is 1. The first-order chi connectivity index (χ1) is 11.7. The van der Waals surface area contributed by atoms with Gasteiger partial charge in [0.25, 0.3) is 5.91 Å². The number of hydrazone groups is 1. The lowest BCUT2D eigenvalue weighted by molar-refractivity contribution is 0.0955. The molecule has 0 aliphatic rings. The zero-order chi connectivity index (χ0) is 16.8. The number of pyridine rings is 1. The number of hydrogen-bond donors (Lipinski definition) is 1. The van der Waals surface area contributed by atoms with E-state index in [4.69, 9.17) is 16.0 Å². The van der Waals surface area contributed by atoms with Crippen molar-refractivity contribution in [3.05, 3.63) is 77.3 Å². The number of nitrogens with zero attached hydrogens (tertiary/aromatic N) is 2. The highest BCUT2D eigenvalue weighted by molar-refractivity contribution is 7.99. The predicted molar refractivity (Wildman–Crippen MR) is 93.6 cm³/mol. The molecule has 0 atom stereocenters. The van der Waals surface area contributed by atoms with Gasteiger partial charge in [0.05, 0.1) is 6.21 Å². The number of carbonyl (C=O) groups is 1. The van der Waals surface area contributed by atoms with E-state index in [1.807, 2.05) is 30.3 Å². The fraction of sp³-hybridized carbons (Fsp3) is 0. The highest BCUT2D eigenvalue weighted by Gasteiger charge is 2.04. The van der Waals surface area contributed by atoms with Gasteiger partial charge in [-0.25, -0.2) is 5.43 Å². The molecule has 5 nitrogen and oxygen atoms in total. The number of halogens is 1. The summed E-state index contributed by atoms with van der Waals surface area (Å²) in [5.74, 6) is 0.234. The summed E-state index contributed by atoms with van der Waals surface area (Å²) >= 11 is 7.33. The molecule has 0 fully saturated rings. The Morgan fingerprint density at radius 3 is 2.62 bits per heavy atom. The molecule has 0 radical (unpaired) electrons. The van der Waals surface area contributed by atoms with Crippen LogP contribution in [-0.2, 0) is 0 Å². The molecule has 0 bridgehead atoms. The van der Waals surface area contributed by atoms with Crippen LogP contribution in [0.25, 0.3) is 0 Å². The minimum absolute atomic E-state index is 0.309. The topological polar surface area (TPSA) is 67.5 Å². The molecule has 0 saturated carbocycles. The fourth-order valence-corrected chi connectivity index (χ4v) is 2.70. The maximum atomic E-state index is 11.8. The van der Waals surface area contributed by atoms with Crippen LogP contribution >= 0.6 is 23.4 Å². The largest absolute Gasteiger partial charge is 0.448 e. The van der Waals surface area contributed by atoms with Crippen LogP contribution in [0, 0.1) is 0 Å². The molecule has 120 valence electrons. The third-order valence-electron chi connectivity index (χ3n) is 2.93. The zero-order valence-electron chi connectivity index (χ0n) is 12.3. The number of amides is 1. The molecule has 2 aromatic heterocycles. The van der Waals surface area contributed by atoms with Crippen LogP contribution in [-0.4, -0.2) is 17.1 Å². The molecule has 1 aromatic carbocycles. The summed E-state index contributed by atoms with van der Waals surface area (Å²) in [5.41, 5.74) is 2.92. The highest BCUT2D eigenvalue weighted by Crippen LogP contribution is 2.29. The van der Waals surface area contributed by atoms with E-state index >= 15 is 0 Å². The van der Waals surface area contributed by atoms with Crippen LogP contribution in [0.5, 0.6) is 0 Å². The van der Waals surface area contributed by atoms with E-state index in [1.165, 1.54) is 18.0 Å². The molecule has 1 N–H and O–H groups in total. The fourth-order valence-electron chi connectivity index (χ4n) is 1.80. The van der Waals surface area contributed by atoms with Crippen molar-refractivity contribution in [3.8, 4) is 0 Å². The Labute approximate surface area is 147 Å². The second-order valence-electron chi connectivity index (χ2n) is 4.65. The second-order valence-corrected chi connectivity index (χ2v) is 6.16. The predicted octanol–water partition coefficient (Wildman–Crippen LogP) is 4.24. The Balaban J connectivity index is 1.57. The van der Waals surface area contributed by atoms with Crippen molar-refractivity contribution < 1.29 is 9.21 Å². The van der Waals surface area contributed by atoms with Gasteiger partial charge < -0.3 is 4.42 Å². The first-order valence-electron chi connectivity index (χ1n) is 6.97. The minimum Gasteiger partial charge on any atom is -0.448 e. The van der Waals surface area contributed by atoms with Crippen LogP contribution in [0.1, 0.15) is 16.1 Å². The van der Waals surface area contributed by atoms with Crippen LogP contribution in [0.2, 0.25) is 5.02 Å². The number of furan rings is 1. The van der Waals surface area contributed by atoms with Crippen molar-refractivity contribution in [3.63, 3.8) is 0 Å². The van der Waals surface area contributed by atoms with Crippen molar-refractivity contribution in [2.45, 2.75) is 9.99 Å². The third kappa shape index (κ3) is 4.47. The van der Waals surface area contributed by atoms with Gasteiger partial charge in [-0.1, -0.05) is 23.4 Å². The quantitative estimate of drug-likeness (QED) is 0.547. The Morgan fingerprint density at radius 2 is 1.88 bits per heavy atom. The van der Waals surface area contributed by atoms with Crippen molar-refractivity contribution in [1.82, 2.24) is 10.4 Å². The van der Waals surface area contributed by atoms with Crippen molar-refractivity contribution >= 4 is 35.5 Å². The Hall–Kier alpha value is -2.57. The second kappa shape index (κ2) is 7.81. The first kappa shape index (κ1) is 16.3. The number of benzene rings is 1. The maximum Gasteiger partial charge on any atom is 0.271 e. The summed E-state index contributed by atoms with van der Waals surface area (Å²) in [5, 5.41) is 5.30. The molecule has 2 heterocycles. The first-order valence-corrected chi connectivity index (χ1v) is 8.17. The van der Waals surface area contributed by atoms with Gasteiger partial charge in [0.15, 0.2) is 5.09 Å². The van der Waals surface area contributed by atoms with Gasteiger partial charge >= 0.3 is 0 Å². The van der Waals surface area contributed by atoms with Gasteiger partial charge in [-0.15, -0.1) is 0 Å². The molecule has 0 unspecified atom stereocenters. The number of hydrogen-bond acceptors (Lipinski definition) is 5. The molecule has 0 saturated heterocycles. The molecule has 0 spiro atoms. The van der Waals surface area contributed by atoms with Crippen molar-refractivity contribution in [2.75, 3.05) is 0 Å². The summed E-state index contributed by atoms with van der Waals surface area (Å²) in [7, 11) is 0. The molecule has 0 aliphatic carbocycles. The van der Waals surface area contributed by atoms with E-state index < -0.39 is 0 Å². The molecule has 24 heavy (non-hydrogen) atoms. The van der Waals surface area contributed by atoms with Gasteiger partial charge in [-0.2, -0.15) is 5.10 Å². The normalized spacial score (nSPS) is 10.9. The molecule has 0 aliphatic heterocycles. The molecular formula is C17H12ClN3O2S. The molecule has 1 amide bonds. The Morgan fingerprint density at radius 1 is 1.12 bits per heavy atom. The van der Waals surface area contributed by atoms with Crippen molar-refractivity contribution in [2.24, 2.45) is 5.10 Å². The lowest BCUT2D eigenvalue weighted by atomic mass is 10.3. The lowest BCUT2D eigenvalue weighted by Gasteiger charge is -1.98. The van der Waals surface area contributed by atoms with Crippen LogP contribution in [0.3, 0.4) is 0 Å². The lowest BCUT2D eigenvalue weighted by Crippen LogP contribution is -2.17. The summed E-state index contributed by atoms with van der Waals surface area (Å²) in [6, 6.07) is 14.3. The number of nitrogens with one attached hydrogen (secondary N) is 1. The zero-order valence-corrected chi connectivity index (χ0v) is 13.9. The smallest absolute Gasteiger partial charge is 0.271 e. The Bertz CT molecular complexity index is 848. The van der Waals surface area contributed by atoms with Crippen LogP contribution < -0.4 is 5.43 Å². The molecular weight excluding hydrogens is 346 g/mol. The van der Waals surface area contributed by atoms with Crippen LogP contribution in [0.4, 0.5) is 0 Å². The van der Waals surface area contributed by atoms with Crippen molar-refractivity contribution in [1.29, 1.82) is 0 Å². The van der Waals surface area contributed by atoms with E-state index in [2.05, 4.69) is 15.5 Å². The Kier molecular flexibility index (Phi) is 5.30. The summed E-state index contributed by atoms with van der Waals surface area (Å²) < 4.78 is 5.62. The van der Waals surface area contributed by atoms with Gasteiger partial charge in [0.1, 0.15) is 5.76 Å². The monoisotopic (exact) mass is 357 g/mol. The SMILES string of the molecule is O=C(NN=Cc1ccc(Sc2ccc(Cl)cc2)o1)c1ccncc1. The average Bonchev–Trinajstić information content (AvgIpc) is 3.05. The third-order valence-corrected chi connectivity index (χ3v) is 4.12. The van der Waals surface area contributed by atoms with Gasteiger partial charge in [0, 0.05) is 27.9 Å². The van der Waals surface area contributed by atoms with E-state index in [0.29, 0.717) is 16.3 Å². The number of carbonyl (C=O) groups excluding carboxylic acids is 1. The van der Waals surface area contributed by atoms with E-state index in [9.17, 15) is 4.79 Å². The maximum absolute atomic E-state index is 11.8. The van der Waals surface area contributed by atoms with Crippen LogP contribution in [0.15, 0.2) is 80.4 Å². The minimum atomic E-state index is -0.309. The van der Waals surface area contributed by atoms with Gasteiger partial charge in [-0.3, -0.25) is 9.78 Å². The molecule has 7 heteroatoms. The van der Waals surface area contributed by atoms with E-state index in [0.717, 1.165) is 9.99 Å². The molecule has 3 aromatic rings. The molecule has 3 rings (SSSR count). The highest BCUT2D eigenvalue weighted by atomic mass is 35.5. The number of rotatable bonds is 5. The average molecular weight is 358 g/mol.